The summed E-state index contributed by atoms with van der Waals surface area (Å²) in [4.78, 5) is 4.35. The van der Waals surface area contributed by atoms with Crippen LogP contribution in [0.1, 0.15) is 11.3 Å². The van der Waals surface area contributed by atoms with Crippen molar-refractivity contribution in [2.24, 2.45) is 5.10 Å². The Bertz CT molecular complexity index is 1060. The van der Waals surface area contributed by atoms with E-state index in [4.69, 9.17) is 10.5 Å². The predicted molar refractivity (Wildman–Crippen MR) is 99.3 cm³/mol. The van der Waals surface area contributed by atoms with E-state index in [1.165, 1.54) is 24.1 Å². The average Bonchev–Trinajstić information content (AvgIpc) is 2.97. The lowest BCUT2D eigenvalue weighted by molar-refractivity contribution is 0.413. The predicted octanol–water partition coefficient (Wildman–Crippen LogP) is 2.50. The first kappa shape index (κ1) is 17.7. The number of ether oxygens (including phenoxy) is 1. The van der Waals surface area contributed by atoms with Crippen LogP contribution in [0.3, 0.4) is 0 Å². The topological polar surface area (TPSA) is 99.6 Å². The lowest BCUT2D eigenvalue weighted by Crippen LogP contribution is -2.06. The zero-order chi connectivity index (χ0) is 18.7. The van der Waals surface area contributed by atoms with E-state index in [0.717, 1.165) is 0 Å². The van der Waals surface area contributed by atoms with Crippen LogP contribution in [-0.2, 0) is 9.84 Å². The number of aromatic nitrogens is 2. The van der Waals surface area contributed by atoms with Gasteiger partial charge in [-0.1, -0.05) is 18.2 Å². The summed E-state index contributed by atoms with van der Waals surface area (Å²) in [5.41, 5.74) is 6.90. The minimum atomic E-state index is -3.74. The van der Waals surface area contributed by atoms with Crippen LogP contribution in [0.4, 0.5) is 5.95 Å². The Labute approximate surface area is 151 Å². The monoisotopic (exact) mass is 370 g/mol. The lowest BCUT2D eigenvalue weighted by atomic mass is 10.2. The van der Waals surface area contributed by atoms with Crippen LogP contribution in [0, 0.1) is 6.92 Å². The van der Waals surface area contributed by atoms with Crippen LogP contribution in [-0.4, -0.2) is 31.4 Å². The number of imidazole rings is 1. The van der Waals surface area contributed by atoms with Crippen molar-refractivity contribution in [1.82, 2.24) is 9.66 Å². The van der Waals surface area contributed by atoms with Gasteiger partial charge >= 0.3 is 0 Å². The maximum Gasteiger partial charge on any atom is 0.221 e. The highest BCUT2D eigenvalue weighted by Crippen LogP contribution is 2.27. The summed E-state index contributed by atoms with van der Waals surface area (Å²) in [6.07, 6.45) is 3.09. The number of methoxy groups -OCH3 is 1. The van der Waals surface area contributed by atoms with Crippen molar-refractivity contribution >= 4 is 22.0 Å². The number of nitrogens with zero attached hydrogens (tertiary/aromatic N) is 3. The first-order valence-corrected chi connectivity index (χ1v) is 9.24. The molecule has 0 fully saturated rings. The molecule has 3 aromatic rings. The lowest BCUT2D eigenvalue weighted by Gasteiger charge is -2.10. The van der Waals surface area contributed by atoms with E-state index in [1.807, 2.05) is 0 Å². The molecule has 134 valence electrons. The zero-order valence-corrected chi connectivity index (χ0v) is 15.1. The van der Waals surface area contributed by atoms with Crippen LogP contribution in [0.5, 0.6) is 5.75 Å². The van der Waals surface area contributed by atoms with Crippen molar-refractivity contribution in [1.29, 1.82) is 0 Å². The molecule has 2 N–H and O–H groups in total. The number of sulfone groups is 1. The van der Waals surface area contributed by atoms with Crippen LogP contribution < -0.4 is 10.5 Å². The third-order valence-corrected chi connectivity index (χ3v) is 5.55. The molecule has 1 heterocycles. The summed E-state index contributed by atoms with van der Waals surface area (Å²) in [6, 6.07) is 13.0. The van der Waals surface area contributed by atoms with Gasteiger partial charge in [0.05, 0.1) is 35.0 Å². The Hall–Kier alpha value is -3.13. The van der Waals surface area contributed by atoms with E-state index in [-0.39, 0.29) is 15.7 Å². The smallest absolute Gasteiger partial charge is 0.221 e. The molecule has 0 aliphatic rings. The number of rotatable bonds is 5. The molecule has 0 atom stereocenters. The largest absolute Gasteiger partial charge is 0.497 e. The van der Waals surface area contributed by atoms with Gasteiger partial charge in [-0.2, -0.15) is 5.10 Å². The molecule has 2 aromatic carbocycles. The summed E-state index contributed by atoms with van der Waals surface area (Å²) in [7, 11) is -2.26. The minimum Gasteiger partial charge on any atom is -0.497 e. The van der Waals surface area contributed by atoms with Crippen molar-refractivity contribution in [3.8, 4) is 5.75 Å². The summed E-state index contributed by atoms with van der Waals surface area (Å²) in [5, 5.41) is 4.22. The van der Waals surface area contributed by atoms with Crippen LogP contribution in [0.2, 0.25) is 0 Å². The number of anilines is 1. The van der Waals surface area contributed by atoms with Gasteiger partial charge in [-0.15, -0.1) is 0 Å². The van der Waals surface area contributed by atoms with E-state index in [1.54, 1.807) is 55.6 Å². The molecule has 0 aliphatic carbocycles. The highest BCUT2D eigenvalue weighted by Gasteiger charge is 2.21. The van der Waals surface area contributed by atoms with Gasteiger partial charge in [-0.25, -0.2) is 18.1 Å². The quantitative estimate of drug-likeness (QED) is 0.696. The van der Waals surface area contributed by atoms with Crippen molar-refractivity contribution in [2.75, 3.05) is 12.8 Å². The van der Waals surface area contributed by atoms with E-state index >= 15 is 0 Å². The van der Waals surface area contributed by atoms with Crippen molar-refractivity contribution in [2.45, 2.75) is 16.7 Å². The molecule has 0 amide bonds. The highest BCUT2D eigenvalue weighted by atomic mass is 32.2. The molecule has 0 bridgehead atoms. The van der Waals surface area contributed by atoms with Crippen LogP contribution in [0.25, 0.3) is 0 Å². The van der Waals surface area contributed by atoms with Gasteiger partial charge in [0.15, 0.2) is 0 Å². The third-order valence-electron chi connectivity index (χ3n) is 3.72. The van der Waals surface area contributed by atoms with Gasteiger partial charge < -0.3 is 10.5 Å². The SMILES string of the molecule is COc1ccc(C=Nn2cc(C)nc2N)c(S(=O)(=O)c2ccccc2)c1. The van der Waals surface area contributed by atoms with Crippen LogP contribution >= 0.6 is 0 Å². The Balaban J connectivity index is 2.11. The molecule has 3 rings (SSSR count). The number of nitrogens with two attached hydrogens (primary N) is 1. The first-order valence-electron chi connectivity index (χ1n) is 7.76. The summed E-state index contributed by atoms with van der Waals surface area (Å²) >= 11 is 0. The van der Waals surface area contributed by atoms with Gasteiger partial charge in [0.1, 0.15) is 5.75 Å². The van der Waals surface area contributed by atoms with Crippen molar-refractivity contribution in [3.05, 3.63) is 66.0 Å². The third kappa shape index (κ3) is 3.45. The second kappa shape index (κ2) is 7.01. The van der Waals surface area contributed by atoms with Crippen molar-refractivity contribution < 1.29 is 13.2 Å². The Kier molecular flexibility index (Phi) is 4.77. The highest BCUT2D eigenvalue weighted by molar-refractivity contribution is 7.91. The minimum absolute atomic E-state index is 0.0993. The first-order chi connectivity index (χ1) is 12.4. The average molecular weight is 370 g/mol. The van der Waals surface area contributed by atoms with Crippen LogP contribution in [0.15, 0.2) is 69.6 Å². The molecule has 0 saturated heterocycles. The molecule has 0 aliphatic heterocycles. The fourth-order valence-electron chi connectivity index (χ4n) is 2.43. The van der Waals surface area contributed by atoms with E-state index in [9.17, 15) is 8.42 Å². The van der Waals surface area contributed by atoms with Gasteiger partial charge in [0.25, 0.3) is 0 Å². The van der Waals surface area contributed by atoms with Gasteiger partial charge in [-0.3, -0.25) is 0 Å². The normalized spacial score (nSPS) is 11.8. The number of benzene rings is 2. The van der Waals surface area contributed by atoms with E-state index < -0.39 is 9.84 Å². The molecule has 1 aromatic heterocycles. The molecule has 7 nitrogen and oxygen atoms in total. The van der Waals surface area contributed by atoms with Crippen molar-refractivity contribution in [3.63, 3.8) is 0 Å². The van der Waals surface area contributed by atoms with Gasteiger partial charge in [0.2, 0.25) is 15.8 Å². The number of hydrogen-bond donors (Lipinski definition) is 1. The Morgan fingerprint density at radius 1 is 1.19 bits per heavy atom. The molecule has 0 radical (unpaired) electrons. The fourth-order valence-corrected chi connectivity index (χ4v) is 3.90. The number of hydrogen-bond acceptors (Lipinski definition) is 6. The number of aryl methyl sites for hydroxylation is 1. The molecular formula is C18H18N4O3S. The molecule has 0 saturated carbocycles. The molecule has 0 unspecified atom stereocenters. The zero-order valence-electron chi connectivity index (χ0n) is 14.3. The second-order valence-electron chi connectivity index (χ2n) is 5.55. The molecule has 8 heteroatoms. The fraction of sp³-hybridized carbons (Fsp3) is 0.111. The molecular weight excluding hydrogens is 352 g/mol. The molecule has 0 spiro atoms. The maximum atomic E-state index is 13.0. The van der Waals surface area contributed by atoms with Gasteiger partial charge in [0, 0.05) is 5.56 Å². The van der Waals surface area contributed by atoms with E-state index in [0.29, 0.717) is 17.0 Å². The summed E-state index contributed by atoms with van der Waals surface area (Å²) in [6.45, 7) is 1.79. The molecule has 26 heavy (non-hydrogen) atoms. The standard InChI is InChI=1S/C18H18N4O3S/c1-13-12-22(18(19)21-13)20-11-14-8-9-15(25-2)10-17(14)26(23,24)16-6-4-3-5-7-16/h3-12H,1-2H3,(H2,19,21). The van der Waals surface area contributed by atoms with Gasteiger partial charge in [-0.05, 0) is 37.3 Å². The summed E-state index contributed by atoms with van der Waals surface area (Å²) in [5.74, 6) is 0.661. The Morgan fingerprint density at radius 3 is 2.54 bits per heavy atom. The summed E-state index contributed by atoms with van der Waals surface area (Å²) < 4.78 is 32.7. The maximum absolute atomic E-state index is 13.0. The second-order valence-corrected chi connectivity index (χ2v) is 7.47. The number of nitrogen functional groups attached to an aromatic ring is 1. The Morgan fingerprint density at radius 2 is 1.92 bits per heavy atom. The van der Waals surface area contributed by atoms with E-state index in [2.05, 4.69) is 10.1 Å².